The van der Waals surface area contributed by atoms with Crippen molar-refractivity contribution in [3.63, 3.8) is 0 Å². The summed E-state index contributed by atoms with van der Waals surface area (Å²) in [6, 6.07) is 7.40. The van der Waals surface area contributed by atoms with Gasteiger partial charge in [0.15, 0.2) is 9.84 Å². The quantitative estimate of drug-likeness (QED) is 0.793. The monoisotopic (exact) mass is 238 g/mol. The van der Waals surface area contributed by atoms with Gasteiger partial charge in [-0.15, -0.1) is 0 Å². The Labute approximate surface area is 97.6 Å². The molecule has 88 valence electrons. The third kappa shape index (κ3) is 2.46. The minimum Gasteiger partial charge on any atom is -0.224 e. The third-order valence-electron chi connectivity index (χ3n) is 3.47. The summed E-state index contributed by atoms with van der Waals surface area (Å²) in [7, 11) is -3.05. The fraction of sp³-hybridized carbons (Fsp3) is 0.538. The molecule has 1 aliphatic carbocycles. The fourth-order valence-corrected chi connectivity index (χ4v) is 3.13. The van der Waals surface area contributed by atoms with E-state index in [2.05, 4.69) is 6.92 Å². The molecule has 2 nitrogen and oxygen atoms in total. The first-order valence-electron chi connectivity index (χ1n) is 5.77. The average molecular weight is 238 g/mol. The summed E-state index contributed by atoms with van der Waals surface area (Å²) < 4.78 is 22.6. The van der Waals surface area contributed by atoms with Gasteiger partial charge < -0.3 is 0 Å². The minimum atomic E-state index is -3.05. The van der Waals surface area contributed by atoms with Gasteiger partial charge in [0.25, 0.3) is 0 Å². The first-order chi connectivity index (χ1) is 7.47. The van der Waals surface area contributed by atoms with Crippen molar-refractivity contribution in [1.82, 2.24) is 0 Å². The summed E-state index contributed by atoms with van der Waals surface area (Å²) in [5.74, 6) is 1.43. The predicted octanol–water partition coefficient (Wildman–Crippen LogP) is 2.99. The molecule has 0 aromatic heterocycles. The molecule has 2 unspecified atom stereocenters. The highest BCUT2D eigenvalue weighted by Crippen LogP contribution is 2.37. The molecular formula is C13H18O2S. The van der Waals surface area contributed by atoms with Crippen molar-refractivity contribution >= 4 is 9.84 Å². The number of rotatable bonds is 2. The van der Waals surface area contributed by atoms with Gasteiger partial charge >= 0.3 is 0 Å². The van der Waals surface area contributed by atoms with E-state index < -0.39 is 9.84 Å². The van der Waals surface area contributed by atoms with E-state index in [1.807, 2.05) is 12.1 Å². The van der Waals surface area contributed by atoms with Crippen LogP contribution in [0.5, 0.6) is 0 Å². The molecule has 1 aromatic carbocycles. The molecule has 0 saturated heterocycles. The highest BCUT2D eigenvalue weighted by molar-refractivity contribution is 7.90. The average Bonchev–Trinajstić information content (AvgIpc) is 2.64. The molecule has 1 aliphatic rings. The van der Waals surface area contributed by atoms with Crippen molar-refractivity contribution in [3.05, 3.63) is 29.8 Å². The number of hydrogen-bond acceptors (Lipinski definition) is 2. The standard InChI is InChI=1S/C13H18O2S/c1-10-3-4-12(9-10)11-5-7-13(8-6-11)16(2,14)15/h5-8,10,12H,3-4,9H2,1-2H3. The molecule has 3 heteroatoms. The first-order valence-corrected chi connectivity index (χ1v) is 7.66. The molecule has 1 saturated carbocycles. The Bertz CT molecular complexity index is 459. The molecule has 0 spiro atoms. The van der Waals surface area contributed by atoms with Gasteiger partial charge in [-0.1, -0.05) is 25.5 Å². The van der Waals surface area contributed by atoms with Gasteiger partial charge in [0.1, 0.15) is 0 Å². The zero-order chi connectivity index (χ0) is 11.8. The van der Waals surface area contributed by atoms with Gasteiger partial charge in [0.05, 0.1) is 4.90 Å². The highest BCUT2D eigenvalue weighted by atomic mass is 32.2. The summed E-state index contributed by atoms with van der Waals surface area (Å²) in [5.41, 5.74) is 1.29. The predicted molar refractivity (Wildman–Crippen MR) is 65.3 cm³/mol. The van der Waals surface area contributed by atoms with Crippen LogP contribution in [0.15, 0.2) is 29.2 Å². The third-order valence-corrected chi connectivity index (χ3v) is 4.60. The largest absolute Gasteiger partial charge is 0.224 e. The van der Waals surface area contributed by atoms with Crippen LogP contribution < -0.4 is 0 Å². The van der Waals surface area contributed by atoms with E-state index in [1.54, 1.807) is 12.1 Å². The zero-order valence-electron chi connectivity index (χ0n) is 9.81. The Morgan fingerprint density at radius 1 is 1.12 bits per heavy atom. The molecule has 0 heterocycles. The maximum Gasteiger partial charge on any atom is 0.175 e. The zero-order valence-corrected chi connectivity index (χ0v) is 10.6. The van der Waals surface area contributed by atoms with Crippen LogP contribution in [0.1, 0.15) is 37.7 Å². The Morgan fingerprint density at radius 2 is 1.75 bits per heavy atom. The topological polar surface area (TPSA) is 34.1 Å². The Morgan fingerprint density at radius 3 is 2.19 bits per heavy atom. The van der Waals surface area contributed by atoms with Crippen LogP contribution in [0.4, 0.5) is 0 Å². The Balaban J connectivity index is 2.20. The van der Waals surface area contributed by atoms with Crippen LogP contribution in [0.2, 0.25) is 0 Å². The summed E-state index contributed by atoms with van der Waals surface area (Å²) in [6.07, 6.45) is 5.01. The molecule has 0 aliphatic heterocycles. The summed E-state index contributed by atoms with van der Waals surface area (Å²) in [4.78, 5) is 0.419. The molecule has 2 rings (SSSR count). The van der Waals surface area contributed by atoms with Crippen molar-refractivity contribution in [3.8, 4) is 0 Å². The Kier molecular flexibility index (Phi) is 3.06. The number of sulfone groups is 1. The second kappa shape index (κ2) is 4.21. The maximum atomic E-state index is 11.3. The Hall–Kier alpha value is -0.830. The SMILES string of the molecule is CC1CCC(c2ccc(S(C)(=O)=O)cc2)C1. The van der Waals surface area contributed by atoms with Crippen molar-refractivity contribution in [2.45, 2.75) is 37.0 Å². The van der Waals surface area contributed by atoms with Gasteiger partial charge in [-0.2, -0.15) is 0 Å². The lowest BCUT2D eigenvalue weighted by Gasteiger charge is -2.10. The van der Waals surface area contributed by atoms with Crippen LogP contribution in [0.3, 0.4) is 0 Å². The molecule has 16 heavy (non-hydrogen) atoms. The van der Waals surface area contributed by atoms with Gasteiger partial charge in [0.2, 0.25) is 0 Å². The molecule has 2 atom stereocenters. The second-order valence-electron chi connectivity index (χ2n) is 4.96. The lowest BCUT2D eigenvalue weighted by atomic mass is 9.97. The van der Waals surface area contributed by atoms with E-state index in [-0.39, 0.29) is 0 Å². The molecule has 0 amide bonds. The summed E-state index contributed by atoms with van der Waals surface area (Å²) in [6.45, 7) is 2.28. The van der Waals surface area contributed by atoms with Crippen molar-refractivity contribution in [1.29, 1.82) is 0 Å². The van der Waals surface area contributed by atoms with E-state index in [0.717, 1.165) is 5.92 Å². The molecule has 0 N–H and O–H groups in total. The van der Waals surface area contributed by atoms with E-state index in [0.29, 0.717) is 10.8 Å². The van der Waals surface area contributed by atoms with E-state index in [9.17, 15) is 8.42 Å². The lowest BCUT2D eigenvalue weighted by molar-refractivity contribution is 0.595. The van der Waals surface area contributed by atoms with E-state index in [1.165, 1.54) is 31.1 Å². The fourth-order valence-electron chi connectivity index (χ4n) is 2.50. The molecule has 0 bridgehead atoms. The first kappa shape index (κ1) is 11.6. The molecular weight excluding hydrogens is 220 g/mol. The summed E-state index contributed by atoms with van der Waals surface area (Å²) >= 11 is 0. The van der Waals surface area contributed by atoms with Crippen LogP contribution in [-0.4, -0.2) is 14.7 Å². The van der Waals surface area contributed by atoms with Crippen LogP contribution in [0.25, 0.3) is 0 Å². The highest BCUT2D eigenvalue weighted by Gasteiger charge is 2.22. The van der Waals surface area contributed by atoms with Crippen LogP contribution in [0, 0.1) is 5.92 Å². The molecule has 0 radical (unpaired) electrons. The maximum absolute atomic E-state index is 11.3. The molecule has 1 fully saturated rings. The normalized spacial score (nSPS) is 25.9. The van der Waals surface area contributed by atoms with Crippen molar-refractivity contribution < 1.29 is 8.42 Å². The second-order valence-corrected chi connectivity index (χ2v) is 6.97. The van der Waals surface area contributed by atoms with Gasteiger partial charge in [-0.05, 0) is 42.4 Å². The number of benzene rings is 1. The smallest absolute Gasteiger partial charge is 0.175 e. The van der Waals surface area contributed by atoms with E-state index in [4.69, 9.17) is 0 Å². The van der Waals surface area contributed by atoms with Crippen molar-refractivity contribution in [2.75, 3.05) is 6.26 Å². The van der Waals surface area contributed by atoms with E-state index >= 15 is 0 Å². The van der Waals surface area contributed by atoms with Crippen LogP contribution in [-0.2, 0) is 9.84 Å². The number of hydrogen-bond donors (Lipinski definition) is 0. The molecule has 1 aromatic rings. The van der Waals surface area contributed by atoms with Gasteiger partial charge in [-0.25, -0.2) is 8.42 Å². The lowest BCUT2D eigenvalue weighted by Crippen LogP contribution is -1.98. The minimum absolute atomic E-state index is 0.419. The van der Waals surface area contributed by atoms with Gasteiger partial charge in [-0.3, -0.25) is 0 Å². The van der Waals surface area contributed by atoms with Crippen LogP contribution >= 0.6 is 0 Å². The van der Waals surface area contributed by atoms with Gasteiger partial charge in [0, 0.05) is 6.26 Å². The van der Waals surface area contributed by atoms with Crippen molar-refractivity contribution in [2.24, 2.45) is 5.92 Å². The summed E-state index contributed by atoms with van der Waals surface area (Å²) in [5, 5.41) is 0.